The molecule has 2 aliphatic heterocycles. The first-order valence-corrected chi connectivity index (χ1v) is 8.95. The Hall–Kier alpha value is -1.39. The topological polar surface area (TPSA) is 41.6 Å². The van der Waals surface area contributed by atoms with Crippen LogP contribution < -0.4 is 5.32 Å². The molecule has 0 saturated carbocycles. The van der Waals surface area contributed by atoms with E-state index in [1.165, 1.54) is 24.8 Å². The molecule has 4 nitrogen and oxygen atoms in total. The summed E-state index contributed by atoms with van der Waals surface area (Å²) in [5.41, 5.74) is 1.29. The lowest BCUT2D eigenvalue weighted by Gasteiger charge is -2.31. The Labute approximate surface area is 139 Å². The summed E-state index contributed by atoms with van der Waals surface area (Å²) in [6.07, 6.45) is 5.65. The summed E-state index contributed by atoms with van der Waals surface area (Å²) in [5.74, 6) is 0.204. The van der Waals surface area contributed by atoms with E-state index in [0.29, 0.717) is 13.2 Å². The minimum atomic E-state index is 0.0367. The van der Waals surface area contributed by atoms with Crippen molar-refractivity contribution in [3.05, 3.63) is 35.9 Å². The molecule has 2 heterocycles. The minimum Gasteiger partial charge on any atom is -0.381 e. The summed E-state index contributed by atoms with van der Waals surface area (Å²) in [6, 6.07) is 10.7. The molecule has 3 rings (SSSR count). The maximum Gasteiger partial charge on any atom is 0.225 e. The fourth-order valence-electron chi connectivity index (χ4n) is 3.57. The summed E-state index contributed by atoms with van der Waals surface area (Å²) in [4.78, 5) is 15.0. The maximum atomic E-state index is 12.5. The highest BCUT2D eigenvalue weighted by atomic mass is 16.5. The van der Waals surface area contributed by atoms with Gasteiger partial charge in [-0.05, 0) is 44.3 Å². The number of hydrogen-bond acceptors (Lipinski definition) is 3. The van der Waals surface area contributed by atoms with Gasteiger partial charge in [0.15, 0.2) is 0 Å². The van der Waals surface area contributed by atoms with Gasteiger partial charge < -0.3 is 15.0 Å². The van der Waals surface area contributed by atoms with Gasteiger partial charge in [-0.2, -0.15) is 0 Å². The van der Waals surface area contributed by atoms with Crippen LogP contribution in [0.4, 0.5) is 0 Å². The van der Waals surface area contributed by atoms with Gasteiger partial charge in [0.1, 0.15) is 0 Å². The molecule has 2 atom stereocenters. The molecule has 0 spiro atoms. The van der Waals surface area contributed by atoms with Crippen LogP contribution in [0.3, 0.4) is 0 Å². The van der Waals surface area contributed by atoms with Crippen LogP contribution in [0.2, 0.25) is 0 Å². The smallest absolute Gasteiger partial charge is 0.225 e. The zero-order valence-electron chi connectivity index (χ0n) is 13.9. The standard InChI is InChI=1S/C19H28N2O2/c22-19(17-9-12-23-15-17)20-18(13-16-7-3-1-4-8-16)14-21-10-5-2-6-11-21/h1,3-4,7-8,17-18H,2,5-6,9-15H2,(H,20,22)/t17-,18-/m0/s1. The van der Waals surface area contributed by atoms with E-state index in [9.17, 15) is 4.79 Å². The van der Waals surface area contributed by atoms with E-state index in [4.69, 9.17) is 4.74 Å². The summed E-state index contributed by atoms with van der Waals surface area (Å²) >= 11 is 0. The first-order valence-electron chi connectivity index (χ1n) is 8.95. The Balaban J connectivity index is 1.60. The van der Waals surface area contributed by atoms with Crippen LogP contribution in [-0.4, -0.2) is 49.7 Å². The Morgan fingerprint density at radius 2 is 2.00 bits per heavy atom. The summed E-state index contributed by atoms with van der Waals surface area (Å²) < 4.78 is 5.36. The number of carbonyl (C=O) groups is 1. The Bertz CT molecular complexity index is 479. The van der Waals surface area contributed by atoms with Crippen molar-refractivity contribution in [3.8, 4) is 0 Å². The van der Waals surface area contributed by atoms with Gasteiger partial charge in [0.25, 0.3) is 0 Å². The third kappa shape index (κ3) is 5.05. The summed E-state index contributed by atoms with van der Waals surface area (Å²) in [5, 5.41) is 3.29. The van der Waals surface area contributed by atoms with Gasteiger partial charge in [0.05, 0.1) is 12.5 Å². The number of ether oxygens (including phenoxy) is 1. The predicted molar refractivity (Wildman–Crippen MR) is 91.3 cm³/mol. The van der Waals surface area contributed by atoms with Crippen LogP contribution >= 0.6 is 0 Å². The Morgan fingerprint density at radius 1 is 1.22 bits per heavy atom. The van der Waals surface area contributed by atoms with Gasteiger partial charge >= 0.3 is 0 Å². The molecule has 23 heavy (non-hydrogen) atoms. The second-order valence-electron chi connectivity index (χ2n) is 6.82. The number of benzene rings is 1. The minimum absolute atomic E-state index is 0.0367. The monoisotopic (exact) mass is 316 g/mol. The highest BCUT2D eigenvalue weighted by Crippen LogP contribution is 2.15. The Morgan fingerprint density at radius 3 is 2.70 bits per heavy atom. The molecule has 0 aromatic heterocycles. The number of carbonyl (C=O) groups excluding carboxylic acids is 1. The molecule has 0 radical (unpaired) electrons. The van der Waals surface area contributed by atoms with Crippen LogP contribution in [0.15, 0.2) is 30.3 Å². The molecule has 1 amide bonds. The van der Waals surface area contributed by atoms with Crippen molar-refractivity contribution < 1.29 is 9.53 Å². The highest BCUT2D eigenvalue weighted by Gasteiger charge is 2.26. The molecule has 0 unspecified atom stereocenters. The van der Waals surface area contributed by atoms with Gasteiger partial charge in [0.2, 0.25) is 5.91 Å². The first-order chi connectivity index (χ1) is 11.3. The fourth-order valence-corrected chi connectivity index (χ4v) is 3.57. The molecule has 1 N–H and O–H groups in total. The van der Waals surface area contributed by atoms with Crippen molar-refractivity contribution in [2.75, 3.05) is 32.8 Å². The molecule has 0 aliphatic carbocycles. The van der Waals surface area contributed by atoms with E-state index < -0.39 is 0 Å². The number of piperidine rings is 1. The van der Waals surface area contributed by atoms with Gasteiger partial charge in [0, 0.05) is 19.2 Å². The van der Waals surface area contributed by atoms with Crippen LogP contribution in [0, 0.1) is 5.92 Å². The van der Waals surface area contributed by atoms with Gasteiger partial charge in [-0.3, -0.25) is 4.79 Å². The summed E-state index contributed by atoms with van der Waals surface area (Å²) in [6.45, 7) is 4.57. The van der Waals surface area contributed by atoms with Crippen molar-refractivity contribution in [2.45, 2.75) is 38.1 Å². The van der Waals surface area contributed by atoms with Gasteiger partial charge in [-0.25, -0.2) is 0 Å². The van der Waals surface area contributed by atoms with Gasteiger partial charge in [-0.1, -0.05) is 36.8 Å². The van der Waals surface area contributed by atoms with Crippen molar-refractivity contribution >= 4 is 5.91 Å². The lowest BCUT2D eigenvalue weighted by Crippen LogP contribution is -2.48. The van der Waals surface area contributed by atoms with Crippen molar-refractivity contribution in [3.63, 3.8) is 0 Å². The lowest BCUT2D eigenvalue weighted by atomic mass is 10.0. The lowest BCUT2D eigenvalue weighted by molar-refractivity contribution is -0.125. The van der Waals surface area contributed by atoms with Crippen molar-refractivity contribution in [1.29, 1.82) is 0 Å². The summed E-state index contributed by atoms with van der Waals surface area (Å²) in [7, 11) is 0. The normalized spacial score (nSPS) is 23.6. The van der Waals surface area contributed by atoms with Crippen LogP contribution in [0.25, 0.3) is 0 Å². The van der Waals surface area contributed by atoms with E-state index in [1.54, 1.807) is 0 Å². The predicted octanol–water partition coefficient (Wildman–Crippen LogP) is 2.24. The molecular weight excluding hydrogens is 288 g/mol. The highest BCUT2D eigenvalue weighted by molar-refractivity contribution is 5.79. The molecule has 0 bridgehead atoms. The third-order valence-corrected chi connectivity index (χ3v) is 4.90. The number of amides is 1. The second-order valence-corrected chi connectivity index (χ2v) is 6.82. The van der Waals surface area contributed by atoms with Crippen LogP contribution in [0.1, 0.15) is 31.2 Å². The molecule has 2 fully saturated rings. The number of hydrogen-bond donors (Lipinski definition) is 1. The van der Waals surface area contributed by atoms with E-state index in [0.717, 1.165) is 32.5 Å². The van der Waals surface area contributed by atoms with Crippen molar-refractivity contribution in [1.82, 2.24) is 10.2 Å². The van der Waals surface area contributed by atoms with E-state index >= 15 is 0 Å². The van der Waals surface area contributed by atoms with E-state index in [1.807, 2.05) is 6.07 Å². The second kappa shape index (κ2) is 8.46. The largest absolute Gasteiger partial charge is 0.381 e. The zero-order valence-corrected chi connectivity index (χ0v) is 13.9. The van der Waals surface area contributed by atoms with Crippen molar-refractivity contribution in [2.24, 2.45) is 5.92 Å². The van der Waals surface area contributed by atoms with Crippen LogP contribution in [-0.2, 0) is 16.0 Å². The average molecular weight is 316 g/mol. The number of nitrogens with one attached hydrogen (secondary N) is 1. The van der Waals surface area contributed by atoms with E-state index in [-0.39, 0.29) is 17.9 Å². The molecule has 1 aromatic carbocycles. The zero-order chi connectivity index (χ0) is 15.9. The fraction of sp³-hybridized carbons (Fsp3) is 0.632. The number of likely N-dealkylation sites (tertiary alicyclic amines) is 1. The molecular formula is C19H28N2O2. The number of rotatable bonds is 6. The maximum absolute atomic E-state index is 12.5. The average Bonchev–Trinajstić information content (AvgIpc) is 3.11. The van der Waals surface area contributed by atoms with Crippen LogP contribution in [0.5, 0.6) is 0 Å². The van der Waals surface area contributed by atoms with E-state index in [2.05, 4.69) is 34.5 Å². The quantitative estimate of drug-likeness (QED) is 0.875. The Kier molecular flexibility index (Phi) is 6.06. The molecule has 1 aromatic rings. The SMILES string of the molecule is O=C(N[C@@H](Cc1ccccc1)CN1CCCCC1)[C@H]1CCOC1. The van der Waals surface area contributed by atoms with Gasteiger partial charge in [-0.15, -0.1) is 0 Å². The molecule has 126 valence electrons. The molecule has 2 saturated heterocycles. The third-order valence-electron chi connectivity index (χ3n) is 4.90. The first kappa shape index (κ1) is 16.5. The number of nitrogens with zero attached hydrogens (tertiary/aromatic N) is 1. The molecule has 4 heteroatoms. The molecule has 2 aliphatic rings.